The molecule has 3 rings (SSSR count). The number of carbonyl (C=O) groups excluding carboxylic acids is 1. The Balaban J connectivity index is 1.52. The molecule has 1 N–H and O–H groups in total. The van der Waals surface area contributed by atoms with Crippen LogP contribution in [0.3, 0.4) is 0 Å². The third-order valence-corrected chi connectivity index (χ3v) is 3.53. The van der Waals surface area contributed by atoms with Crippen LogP contribution in [0.1, 0.15) is 21.7 Å². The smallest absolute Gasteiger partial charge is 0.291 e. The molecule has 0 saturated heterocycles. The largest absolute Gasteiger partial charge is 0.489 e. The van der Waals surface area contributed by atoms with Crippen molar-refractivity contribution in [3.8, 4) is 5.75 Å². The van der Waals surface area contributed by atoms with Crippen LogP contribution in [0, 0.1) is 5.82 Å². The molecule has 1 heterocycles. The lowest BCUT2D eigenvalue weighted by atomic mass is 10.2. The number of aryl methyl sites for hydroxylation is 1. The van der Waals surface area contributed by atoms with Gasteiger partial charge in [0.2, 0.25) is 5.82 Å². The van der Waals surface area contributed by atoms with Crippen molar-refractivity contribution in [1.29, 1.82) is 0 Å². The molecule has 3 aromatic rings. The number of carbonyl (C=O) groups is 1. The molecule has 0 unspecified atom stereocenters. The van der Waals surface area contributed by atoms with Gasteiger partial charge in [-0.25, -0.2) is 9.37 Å². The molecule has 0 aliphatic heterocycles. The maximum atomic E-state index is 13.5. The maximum absolute atomic E-state index is 13.5. The molecular weight excluding hydrogens is 323 g/mol. The lowest BCUT2D eigenvalue weighted by molar-refractivity contribution is 0.0940. The highest BCUT2D eigenvalue weighted by Crippen LogP contribution is 2.15. The summed E-state index contributed by atoms with van der Waals surface area (Å²) in [6.07, 6.45) is 1.47. The van der Waals surface area contributed by atoms with Gasteiger partial charge >= 0.3 is 0 Å². The predicted molar refractivity (Wildman–Crippen MR) is 89.3 cm³/mol. The van der Waals surface area contributed by atoms with E-state index in [0.717, 1.165) is 5.56 Å². The second kappa shape index (κ2) is 7.57. The van der Waals surface area contributed by atoms with Crippen LogP contribution in [-0.2, 0) is 20.2 Å². The molecule has 1 amide bonds. The summed E-state index contributed by atoms with van der Waals surface area (Å²) in [5, 5.41) is 6.69. The highest BCUT2D eigenvalue weighted by molar-refractivity contribution is 5.90. The molecule has 25 heavy (non-hydrogen) atoms. The fourth-order valence-electron chi connectivity index (χ4n) is 2.18. The summed E-state index contributed by atoms with van der Waals surface area (Å²) in [4.78, 5) is 15.8. The fourth-order valence-corrected chi connectivity index (χ4v) is 2.18. The quantitative estimate of drug-likeness (QED) is 0.748. The van der Waals surface area contributed by atoms with Crippen molar-refractivity contribution >= 4 is 5.91 Å². The van der Waals surface area contributed by atoms with Crippen LogP contribution in [0.5, 0.6) is 5.75 Å². The first-order valence-electron chi connectivity index (χ1n) is 7.71. The van der Waals surface area contributed by atoms with Gasteiger partial charge in [-0.1, -0.05) is 30.3 Å². The van der Waals surface area contributed by atoms with Gasteiger partial charge in [0.1, 0.15) is 24.5 Å². The standard InChI is InChI=1S/C18H17FN4O2/c1-23-12-21-17(22-23)18(24)20-10-13-6-8-15(9-7-13)25-11-14-4-2-3-5-16(14)19/h2-9,12H,10-11H2,1H3,(H,20,24). The summed E-state index contributed by atoms with van der Waals surface area (Å²) >= 11 is 0. The van der Waals surface area contributed by atoms with E-state index in [9.17, 15) is 9.18 Å². The first-order chi connectivity index (χ1) is 12.1. The summed E-state index contributed by atoms with van der Waals surface area (Å²) in [5.41, 5.74) is 1.41. The topological polar surface area (TPSA) is 69.0 Å². The van der Waals surface area contributed by atoms with Gasteiger partial charge in [0, 0.05) is 19.2 Å². The molecule has 0 spiro atoms. The van der Waals surface area contributed by atoms with E-state index in [1.54, 1.807) is 37.4 Å². The second-order valence-corrected chi connectivity index (χ2v) is 5.45. The molecule has 6 nitrogen and oxygen atoms in total. The second-order valence-electron chi connectivity index (χ2n) is 5.45. The monoisotopic (exact) mass is 340 g/mol. The van der Waals surface area contributed by atoms with Crippen LogP contribution in [0.15, 0.2) is 54.9 Å². The molecule has 0 fully saturated rings. The van der Waals surface area contributed by atoms with Gasteiger partial charge in [-0.05, 0) is 23.8 Å². The van der Waals surface area contributed by atoms with Gasteiger partial charge in [0.05, 0.1) is 0 Å². The zero-order valence-electron chi connectivity index (χ0n) is 13.6. The molecule has 2 aromatic carbocycles. The number of rotatable bonds is 6. The van der Waals surface area contributed by atoms with Crippen LogP contribution >= 0.6 is 0 Å². The normalized spacial score (nSPS) is 10.5. The Kier molecular flexibility index (Phi) is 5.03. The minimum atomic E-state index is -0.333. The minimum Gasteiger partial charge on any atom is -0.489 e. The maximum Gasteiger partial charge on any atom is 0.291 e. The zero-order chi connectivity index (χ0) is 17.6. The Labute approximate surface area is 144 Å². The van der Waals surface area contributed by atoms with Crippen molar-refractivity contribution in [3.63, 3.8) is 0 Å². The molecule has 0 aliphatic carbocycles. The van der Waals surface area contributed by atoms with Crippen LogP contribution in [-0.4, -0.2) is 20.7 Å². The number of halogens is 1. The van der Waals surface area contributed by atoms with E-state index in [1.807, 2.05) is 12.1 Å². The van der Waals surface area contributed by atoms with Crippen LogP contribution in [0.4, 0.5) is 4.39 Å². The lowest BCUT2D eigenvalue weighted by Gasteiger charge is -2.08. The number of ether oxygens (including phenoxy) is 1. The number of amides is 1. The molecule has 7 heteroatoms. The molecule has 0 radical (unpaired) electrons. The number of nitrogens with zero attached hydrogens (tertiary/aromatic N) is 3. The zero-order valence-corrected chi connectivity index (χ0v) is 13.6. The highest BCUT2D eigenvalue weighted by atomic mass is 19.1. The number of benzene rings is 2. The average molecular weight is 340 g/mol. The molecule has 1 aromatic heterocycles. The Morgan fingerprint density at radius 3 is 2.64 bits per heavy atom. The van der Waals surface area contributed by atoms with Crippen molar-refractivity contribution in [2.75, 3.05) is 0 Å². The molecular formula is C18H17FN4O2. The number of hydrogen-bond acceptors (Lipinski definition) is 4. The van der Waals surface area contributed by atoms with Gasteiger partial charge < -0.3 is 10.1 Å². The summed E-state index contributed by atoms with van der Waals surface area (Å²) < 4.78 is 20.6. The highest BCUT2D eigenvalue weighted by Gasteiger charge is 2.10. The van der Waals surface area contributed by atoms with E-state index in [2.05, 4.69) is 15.4 Å². The fraction of sp³-hybridized carbons (Fsp3) is 0.167. The van der Waals surface area contributed by atoms with Crippen molar-refractivity contribution < 1.29 is 13.9 Å². The Hall–Kier alpha value is -3.22. The van der Waals surface area contributed by atoms with E-state index >= 15 is 0 Å². The van der Waals surface area contributed by atoms with E-state index < -0.39 is 0 Å². The molecule has 0 aliphatic rings. The average Bonchev–Trinajstić information content (AvgIpc) is 3.06. The third-order valence-electron chi connectivity index (χ3n) is 3.53. The van der Waals surface area contributed by atoms with E-state index in [-0.39, 0.29) is 24.2 Å². The summed E-state index contributed by atoms with van der Waals surface area (Å²) in [7, 11) is 1.70. The Bertz CT molecular complexity index is 862. The summed E-state index contributed by atoms with van der Waals surface area (Å²) in [6, 6.07) is 13.7. The van der Waals surface area contributed by atoms with E-state index in [1.165, 1.54) is 17.1 Å². The van der Waals surface area contributed by atoms with Gasteiger partial charge in [-0.2, -0.15) is 0 Å². The number of aromatic nitrogens is 3. The van der Waals surface area contributed by atoms with Crippen LogP contribution in [0.25, 0.3) is 0 Å². The van der Waals surface area contributed by atoms with Crippen molar-refractivity contribution in [2.45, 2.75) is 13.2 Å². The molecule has 128 valence electrons. The van der Waals surface area contributed by atoms with Gasteiger partial charge in [-0.3, -0.25) is 9.48 Å². The SMILES string of the molecule is Cn1cnc(C(=O)NCc2ccc(OCc3ccccc3F)cc2)n1. The molecule has 0 saturated carbocycles. The Morgan fingerprint density at radius 2 is 1.96 bits per heavy atom. The number of nitrogens with one attached hydrogen (secondary N) is 1. The predicted octanol–water partition coefficient (Wildman–Crippen LogP) is 2.46. The van der Waals surface area contributed by atoms with Crippen molar-refractivity contribution in [1.82, 2.24) is 20.1 Å². The van der Waals surface area contributed by atoms with Gasteiger partial charge in [0.15, 0.2) is 0 Å². The van der Waals surface area contributed by atoms with E-state index in [4.69, 9.17) is 4.74 Å². The lowest BCUT2D eigenvalue weighted by Crippen LogP contribution is -2.24. The van der Waals surface area contributed by atoms with Gasteiger partial charge in [-0.15, -0.1) is 5.10 Å². The summed E-state index contributed by atoms with van der Waals surface area (Å²) in [5.74, 6) is 0.141. The van der Waals surface area contributed by atoms with Crippen LogP contribution < -0.4 is 10.1 Å². The molecule has 0 bridgehead atoms. The summed E-state index contributed by atoms with van der Waals surface area (Å²) in [6.45, 7) is 0.513. The number of hydrogen-bond donors (Lipinski definition) is 1. The van der Waals surface area contributed by atoms with Gasteiger partial charge in [0.25, 0.3) is 5.91 Å². The van der Waals surface area contributed by atoms with Crippen molar-refractivity contribution in [2.24, 2.45) is 7.05 Å². The van der Waals surface area contributed by atoms with E-state index in [0.29, 0.717) is 17.9 Å². The molecule has 0 atom stereocenters. The third kappa shape index (κ3) is 4.41. The minimum absolute atomic E-state index is 0.132. The first-order valence-corrected chi connectivity index (χ1v) is 7.71. The first kappa shape index (κ1) is 16.6. The van der Waals surface area contributed by atoms with Crippen LogP contribution in [0.2, 0.25) is 0 Å². The Morgan fingerprint density at radius 1 is 1.20 bits per heavy atom. The van der Waals surface area contributed by atoms with Crippen molar-refractivity contribution in [3.05, 3.63) is 77.6 Å².